The molecule has 1 aromatic heterocycles. The summed E-state index contributed by atoms with van der Waals surface area (Å²) in [7, 11) is 1.53. The van der Waals surface area contributed by atoms with Crippen LogP contribution in [0.5, 0.6) is 11.5 Å². The van der Waals surface area contributed by atoms with Gasteiger partial charge in [0.2, 0.25) is 5.13 Å². The van der Waals surface area contributed by atoms with Gasteiger partial charge < -0.3 is 9.47 Å². The summed E-state index contributed by atoms with van der Waals surface area (Å²) in [5, 5.41) is 14.9. The fraction of sp³-hybridized carbons (Fsp3) is 0.0400. The van der Waals surface area contributed by atoms with Crippen molar-refractivity contribution in [2.45, 2.75) is 0 Å². The summed E-state index contributed by atoms with van der Waals surface area (Å²) >= 11 is 4.47. The summed E-state index contributed by atoms with van der Waals surface area (Å²) in [4.78, 5) is 37.0. The second-order valence-corrected chi connectivity index (χ2v) is 9.13. The third-order valence-corrected chi connectivity index (χ3v) is 6.12. The van der Waals surface area contributed by atoms with Crippen LogP contribution in [0.2, 0.25) is 0 Å². The smallest absolute Gasteiger partial charge is 0.343 e. The van der Waals surface area contributed by atoms with Crippen LogP contribution in [-0.2, 0) is 9.59 Å². The zero-order chi connectivity index (χ0) is 26.2. The normalized spacial score (nSPS) is 10.6. The lowest BCUT2D eigenvalue weighted by Crippen LogP contribution is -2.32. The number of carbonyl (C=O) groups excluding carboxylic acids is 3. The Balaban J connectivity index is 1.37. The molecule has 12 heteroatoms. The third kappa shape index (κ3) is 6.84. The molecule has 4 rings (SSSR count). The zero-order valence-electron chi connectivity index (χ0n) is 19.2. The molecule has 3 aromatic carbocycles. The predicted molar refractivity (Wildman–Crippen MR) is 142 cm³/mol. The summed E-state index contributed by atoms with van der Waals surface area (Å²) in [6.45, 7) is 0. The van der Waals surface area contributed by atoms with E-state index in [0.717, 1.165) is 16.9 Å². The van der Waals surface area contributed by atoms with Crippen molar-refractivity contribution in [3.05, 3.63) is 88.4 Å². The molecule has 0 fully saturated rings. The van der Waals surface area contributed by atoms with Gasteiger partial charge in [0, 0.05) is 15.6 Å². The Morgan fingerprint density at radius 1 is 0.973 bits per heavy atom. The zero-order valence-corrected chi connectivity index (χ0v) is 21.6. The molecule has 0 aliphatic rings. The maximum absolute atomic E-state index is 12.5. The number of hydrazone groups is 1. The quantitative estimate of drug-likeness (QED) is 0.110. The number of benzene rings is 3. The van der Waals surface area contributed by atoms with Crippen LogP contribution in [0.25, 0.3) is 10.6 Å². The molecular formula is C25H18BrN5O5S. The van der Waals surface area contributed by atoms with Crippen LogP contribution < -0.4 is 20.2 Å². The Hall–Kier alpha value is -4.42. The highest BCUT2D eigenvalue weighted by Crippen LogP contribution is 2.26. The number of hydrogen-bond acceptors (Lipinski definition) is 9. The highest BCUT2D eigenvalue weighted by atomic mass is 79.9. The minimum Gasteiger partial charge on any atom is -0.497 e. The molecule has 0 atom stereocenters. The van der Waals surface area contributed by atoms with E-state index in [0.29, 0.717) is 26.4 Å². The van der Waals surface area contributed by atoms with Gasteiger partial charge in [-0.2, -0.15) is 5.10 Å². The number of hydrogen-bond donors (Lipinski definition) is 2. The molecule has 2 amide bonds. The number of esters is 1. The Kier molecular flexibility index (Phi) is 8.33. The first-order valence-corrected chi connectivity index (χ1v) is 12.2. The second kappa shape index (κ2) is 12.0. The molecule has 0 aliphatic heterocycles. The van der Waals surface area contributed by atoms with Gasteiger partial charge in [0.25, 0.3) is 0 Å². The Labute approximate surface area is 223 Å². The minimum absolute atomic E-state index is 0.169. The number of rotatable bonds is 7. The molecule has 186 valence electrons. The molecule has 4 aromatic rings. The maximum Gasteiger partial charge on any atom is 0.343 e. The molecule has 0 saturated carbocycles. The van der Waals surface area contributed by atoms with E-state index in [1.165, 1.54) is 13.3 Å². The summed E-state index contributed by atoms with van der Waals surface area (Å²) in [6.07, 6.45) is 1.25. The lowest BCUT2D eigenvalue weighted by molar-refractivity contribution is -0.136. The topological polar surface area (TPSA) is 132 Å². The first-order chi connectivity index (χ1) is 17.9. The van der Waals surface area contributed by atoms with Crippen LogP contribution in [0, 0.1) is 0 Å². The first kappa shape index (κ1) is 25.7. The highest BCUT2D eigenvalue weighted by Gasteiger charge is 2.17. The molecule has 0 bridgehead atoms. The molecule has 0 aliphatic carbocycles. The van der Waals surface area contributed by atoms with Crippen molar-refractivity contribution in [2.75, 3.05) is 12.4 Å². The van der Waals surface area contributed by atoms with Gasteiger partial charge in [-0.25, -0.2) is 10.2 Å². The maximum atomic E-state index is 12.5. The molecular weight excluding hydrogens is 562 g/mol. The highest BCUT2D eigenvalue weighted by molar-refractivity contribution is 9.10. The lowest BCUT2D eigenvalue weighted by Gasteiger charge is -2.08. The number of carbonyl (C=O) groups is 3. The fourth-order valence-electron chi connectivity index (χ4n) is 2.94. The van der Waals surface area contributed by atoms with Crippen LogP contribution in [0.15, 0.2) is 82.4 Å². The van der Waals surface area contributed by atoms with E-state index in [4.69, 9.17) is 9.47 Å². The monoisotopic (exact) mass is 579 g/mol. The van der Waals surface area contributed by atoms with Crippen molar-refractivity contribution < 1.29 is 23.9 Å². The van der Waals surface area contributed by atoms with Crippen LogP contribution in [0.4, 0.5) is 5.13 Å². The summed E-state index contributed by atoms with van der Waals surface area (Å²) in [5.74, 6) is -1.76. The number of aromatic nitrogens is 2. The molecule has 0 radical (unpaired) electrons. The largest absolute Gasteiger partial charge is 0.497 e. The number of nitrogens with zero attached hydrogens (tertiary/aromatic N) is 3. The van der Waals surface area contributed by atoms with E-state index in [-0.39, 0.29) is 10.9 Å². The summed E-state index contributed by atoms with van der Waals surface area (Å²) in [5.41, 5.74) is 3.68. The Morgan fingerprint density at radius 3 is 2.46 bits per heavy atom. The van der Waals surface area contributed by atoms with Gasteiger partial charge >= 0.3 is 17.8 Å². The standard InChI is InChI=1S/C25H18BrN5O5S/c1-35-19-10-7-16(8-11-19)24(34)36-20-12-9-18(26)13-17(20)14-27-29-22(33)21(32)28-25-31-30-23(37-25)15-5-3-2-4-6-15/h2-14H,1H3,(H,29,33)(H,28,31,32)/b27-14+. The molecule has 0 spiro atoms. The molecule has 0 saturated heterocycles. The van der Waals surface area contributed by atoms with Gasteiger partial charge in [-0.15, -0.1) is 10.2 Å². The van der Waals surface area contributed by atoms with Crippen LogP contribution >= 0.6 is 27.3 Å². The molecule has 0 unspecified atom stereocenters. The molecule has 2 N–H and O–H groups in total. The van der Waals surface area contributed by atoms with E-state index in [2.05, 4.69) is 42.0 Å². The van der Waals surface area contributed by atoms with Crippen molar-refractivity contribution in [1.82, 2.24) is 15.6 Å². The number of ether oxygens (including phenoxy) is 2. The Morgan fingerprint density at radius 2 is 1.73 bits per heavy atom. The lowest BCUT2D eigenvalue weighted by atomic mass is 10.2. The second-order valence-electron chi connectivity index (χ2n) is 7.23. The van der Waals surface area contributed by atoms with Gasteiger partial charge in [0.15, 0.2) is 0 Å². The van der Waals surface area contributed by atoms with Crippen LogP contribution in [-0.4, -0.2) is 41.3 Å². The summed E-state index contributed by atoms with van der Waals surface area (Å²) in [6, 6.07) is 20.6. The minimum atomic E-state index is -1.01. The van der Waals surface area contributed by atoms with Gasteiger partial charge in [-0.1, -0.05) is 57.6 Å². The van der Waals surface area contributed by atoms with Crippen molar-refractivity contribution >= 4 is 56.4 Å². The van der Waals surface area contributed by atoms with E-state index in [1.54, 1.807) is 42.5 Å². The van der Waals surface area contributed by atoms with Crippen molar-refractivity contribution in [2.24, 2.45) is 5.10 Å². The number of anilines is 1. The number of nitrogens with one attached hydrogen (secondary N) is 2. The van der Waals surface area contributed by atoms with Gasteiger partial charge in [-0.05, 0) is 42.5 Å². The molecule has 1 heterocycles. The van der Waals surface area contributed by atoms with Gasteiger partial charge in [-0.3, -0.25) is 14.9 Å². The van der Waals surface area contributed by atoms with E-state index in [9.17, 15) is 14.4 Å². The average molecular weight is 580 g/mol. The summed E-state index contributed by atoms with van der Waals surface area (Å²) < 4.78 is 11.3. The van der Waals surface area contributed by atoms with Crippen LogP contribution in [0.3, 0.4) is 0 Å². The number of halogens is 1. The van der Waals surface area contributed by atoms with Crippen molar-refractivity contribution in [3.8, 4) is 22.1 Å². The van der Waals surface area contributed by atoms with E-state index < -0.39 is 17.8 Å². The first-order valence-electron chi connectivity index (χ1n) is 10.6. The van der Waals surface area contributed by atoms with Crippen LogP contribution in [0.1, 0.15) is 15.9 Å². The van der Waals surface area contributed by atoms with E-state index in [1.807, 2.05) is 30.3 Å². The van der Waals surface area contributed by atoms with Crippen molar-refractivity contribution in [1.29, 1.82) is 0 Å². The van der Waals surface area contributed by atoms with Gasteiger partial charge in [0.1, 0.15) is 16.5 Å². The molecule has 10 nitrogen and oxygen atoms in total. The third-order valence-electron chi connectivity index (χ3n) is 4.74. The average Bonchev–Trinajstić information content (AvgIpc) is 3.39. The predicted octanol–water partition coefficient (Wildman–Crippen LogP) is 4.28. The number of amides is 2. The van der Waals surface area contributed by atoms with Crippen molar-refractivity contribution in [3.63, 3.8) is 0 Å². The van der Waals surface area contributed by atoms with Gasteiger partial charge in [0.05, 0.1) is 18.9 Å². The molecule has 37 heavy (non-hydrogen) atoms. The number of methoxy groups -OCH3 is 1. The fourth-order valence-corrected chi connectivity index (χ4v) is 4.06. The Bertz CT molecular complexity index is 1460. The SMILES string of the molecule is COc1ccc(C(=O)Oc2ccc(Br)cc2/C=N/NC(=O)C(=O)Nc2nnc(-c3ccccc3)s2)cc1. The van der Waals surface area contributed by atoms with E-state index >= 15 is 0 Å².